The lowest BCUT2D eigenvalue weighted by molar-refractivity contribution is -0.178. The van der Waals surface area contributed by atoms with E-state index < -0.39 is 17.9 Å². The number of nitrogens with zero attached hydrogens (tertiary/aromatic N) is 2. The van der Waals surface area contributed by atoms with Crippen molar-refractivity contribution in [3.8, 4) is 17.2 Å². The Labute approximate surface area is 196 Å². The van der Waals surface area contributed by atoms with Gasteiger partial charge in [0.15, 0.2) is 5.58 Å². The summed E-state index contributed by atoms with van der Waals surface area (Å²) in [4.78, 5) is 24.4. The van der Waals surface area contributed by atoms with E-state index in [9.17, 15) is 14.9 Å². The molecule has 3 atom stereocenters. The lowest BCUT2D eigenvalue weighted by atomic mass is 9.96. The van der Waals surface area contributed by atoms with Gasteiger partial charge in [0.25, 0.3) is 5.91 Å². The molecule has 0 saturated carbocycles. The molecule has 0 radical (unpaired) electrons. The van der Waals surface area contributed by atoms with Crippen LogP contribution in [0.2, 0.25) is 0 Å². The third-order valence-corrected chi connectivity index (χ3v) is 6.57. The highest BCUT2D eigenvalue weighted by Crippen LogP contribution is 2.28. The number of nitriles is 1. The van der Waals surface area contributed by atoms with Crippen molar-refractivity contribution < 1.29 is 18.7 Å². The molecule has 9 heteroatoms. The average molecular weight is 463 g/mol. The van der Waals surface area contributed by atoms with E-state index in [-0.39, 0.29) is 11.5 Å². The number of fused-ring (bicyclic) bond motifs is 1. The van der Waals surface area contributed by atoms with Crippen molar-refractivity contribution in [2.75, 3.05) is 26.3 Å². The highest BCUT2D eigenvalue weighted by molar-refractivity contribution is 5.82. The first-order valence-electron chi connectivity index (χ1n) is 11.3. The molecule has 34 heavy (non-hydrogen) atoms. The predicted octanol–water partition coefficient (Wildman–Crippen LogP) is 1.50. The number of oxazole rings is 1. The summed E-state index contributed by atoms with van der Waals surface area (Å²) in [5, 5.41) is 15.6. The largest absolute Gasteiger partial charge is 0.419 e. The molecule has 0 aliphatic carbocycles. The number of hydrogen-bond donors (Lipinski definition) is 2. The number of aryl methyl sites for hydroxylation is 1. The van der Waals surface area contributed by atoms with Crippen LogP contribution in [0.5, 0.6) is 0 Å². The van der Waals surface area contributed by atoms with E-state index >= 15 is 0 Å². The molecule has 2 fully saturated rings. The normalized spacial score (nSPS) is 23.1. The van der Waals surface area contributed by atoms with Crippen LogP contribution in [0.4, 0.5) is 0 Å². The van der Waals surface area contributed by atoms with E-state index in [1.165, 1.54) is 4.57 Å². The quantitative estimate of drug-likeness (QED) is 0.590. The van der Waals surface area contributed by atoms with Crippen LogP contribution in [0.25, 0.3) is 22.2 Å². The van der Waals surface area contributed by atoms with Gasteiger partial charge in [0.2, 0.25) is 0 Å². The van der Waals surface area contributed by atoms with Crippen LogP contribution in [0.1, 0.15) is 12.0 Å². The number of carbonyl (C=O) groups excluding carboxylic acids is 1. The Kier molecular flexibility index (Phi) is 5.96. The second-order valence-corrected chi connectivity index (χ2v) is 8.91. The van der Waals surface area contributed by atoms with Crippen molar-refractivity contribution in [1.82, 2.24) is 15.2 Å². The zero-order valence-electron chi connectivity index (χ0n) is 18.9. The fraction of sp³-hybridized carbons (Fsp3) is 0.400. The summed E-state index contributed by atoms with van der Waals surface area (Å²) in [5.41, 5.74) is 3.80. The molecule has 9 nitrogen and oxygen atoms in total. The maximum Gasteiger partial charge on any atom is 0.419 e. The molecule has 0 unspecified atom stereocenters. The van der Waals surface area contributed by atoms with E-state index in [0.717, 1.165) is 35.2 Å². The molecule has 1 aromatic heterocycles. The molecular formula is C25H26N4O5. The Hall–Kier alpha value is -3.45. The zero-order valence-corrected chi connectivity index (χ0v) is 18.9. The van der Waals surface area contributed by atoms with Gasteiger partial charge in [-0.1, -0.05) is 30.3 Å². The lowest BCUT2D eigenvalue weighted by Gasteiger charge is -2.40. The molecule has 2 N–H and O–H groups in total. The number of nitrogens with one attached hydrogen (secondary N) is 2. The Morgan fingerprint density at radius 1 is 1.29 bits per heavy atom. The number of hydrogen-bond acceptors (Lipinski definition) is 7. The molecule has 3 aromatic rings. The van der Waals surface area contributed by atoms with Crippen LogP contribution in [0, 0.1) is 11.3 Å². The van der Waals surface area contributed by atoms with Gasteiger partial charge in [0.1, 0.15) is 17.7 Å². The van der Waals surface area contributed by atoms with E-state index in [1.54, 1.807) is 13.1 Å². The summed E-state index contributed by atoms with van der Waals surface area (Å²) in [6.45, 7) is 2.13. The third kappa shape index (κ3) is 4.35. The van der Waals surface area contributed by atoms with Crippen molar-refractivity contribution in [3.05, 3.63) is 58.6 Å². The van der Waals surface area contributed by atoms with Gasteiger partial charge in [-0.25, -0.2) is 4.79 Å². The zero-order chi connectivity index (χ0) is 23.7. The number of benzene rings is 2. The van der Waals surface area contributed by atoms with Crippen LogP contribution in [-0.4, -0.2) is 54.5 Å². The van der Waals surface area contributed by atoms with Crippen molar-refractivity contribution in [2.45, 2.75) is 30.6 Å². The summed E-state index contributed by atoms with van der Waals surface area (Å²) >= 11 is 0. The predicted molar refractivity (Wildman–Crippen MR) is 124 cm³/mol. The number of aromatic nitrogens is 1. The van der Waals surface area contributed by atoms with Crippen LogP contribution >= 0.6 is 0 Å². The summed E-state index contributed by atoms with van der Waals surface area (Å²) < 4.78 is 18.1. The van der Waals surface area contributed by atoms with Crippen molar-refractivity contribution >= 4 is 17.0 Å². The Bertz CT molecular complexity index is 1300. The number of amides is 1. The van der Waals surface area contributed by atoms with Crippen LogP contribution < -0.4 is 16.4 Å². The first-order valence-corrected chi connectivity index (χ1v) is 11.3. The van der Waals surface area contributed by atoms with Gasteiger partial charge in [0, 0.05) is 33.0 Å². The van der Waals surface area contributed by atoms with Gasteiger partial charge in [-0.05, 0) is 28.8 Å². The Morgan fingerprint density at radius 2 is 2.06 bits per heavy atom. The molecule has 0 bridgehead atoms. The molecule has 5 rings (SSSR count). The average Bonchev–Trinajstić information content (AvgIpc) is 2.99. The highest BCUT2D eigenvalue weighted by Gasteiger charge is 2.42. The van der Waals surface area contributed by atoms with Gasteiger partial charge < -0.3 is 24.5 Å². The summed E-state index contributed by atoms with van der Waals surface area (Å²) in [5.74, 6) is -0.695. The van der Waals surface area contributed by atoms with Crippen LogP contribution in [0.15, 0.2) is 51.7 Å². The fourth-order valence-electron chi connectivity index (χ4n) is 4.37. The van der Waals surface area contributed by atoms with E-state index in [2.05, 4.69) is 16.7 Å². The maximum absolute atomic E-state index is 12.7. The molecule has 1 amide bonds. The Balaban J connectivity index is 1.22. The van der Waals surface area contributed by atoms with Crippen molar-refractivity contribution in [1.29, 1.82) is 5.26 Å². The first-order chi connectivity index (χ1) is 16.5. The van der Waals surface area contributed by atoms with Gasteiger partial charge in [-0.3, -0.25) is 9.36 Å². The molecule has 2 aliphatic rings. The van der Waals surface area contributed by atoms with Gasteiger partial charge in [-0.15, -0.1) is 0 Å². The number of rotatable bonds is 5. The number of carbonyl (C=O) groups is 1. The second kappa shape index (κ2) is 9.06. The smallest absolute Gasteiger partial charge is 0.408 e. The van der Waals surface area contributed by atoms with Crippen LogP contribution in [-0.2, 0) is 27.7 Å². The summed E-state index contributed by atoms with van der Waals surface area (Å²) in [6.07, 6.45) is 0.639. The van der Waals surface area contributed by atoms with Crippen LogP contribution in [0.3, 0.4) is 0 Å². The van der Waals surface area contributed by atoms with Gasteiger partial charge >= 0.3 is 5.76 Å². The SMILES string of the molecule is Cn1c(=O)oc2ccc(-c3ccc(C[C@@H](C#N)NC(=O)[C@@H]4CNC[C@@]5(CCO5)CO4)cc3)cc21. The minimum absolute atomic E-state index is 0.300. The highest BCUT2D eigenvalue weighted by atomic mass is 16.6. The van der Waals surface area contributed by atoms with Gasteiger partial charge in [-0.2, -0.15) is 5.26 Å². The second-order valence-electron chi connectivity index (χ2n) is 8.91. The lowest BCUT2D eigenvalue weighted by Crippen LogP contribution is -2.53. The first kappa shape index (κ1) is 22.3. The topological polar surface area (TPSA) is 119 Å². The molecule has 2 aliphatic heterocycles. The molecule has 3 heterocycles. The summed E-state index contributed by atoms with van der Waals surface area (Å²) in [7, 11) is 1.67. The van der Waals surface area contributed by atoms with Crippen molar-refractivity contribution in [2.24, 2.45) is 7.05 Å². The molecule has 1 spiro atoms. The van der Waals surface area contributed by atoms with Gasteiger partial charge in [0.05, 0.1) is 24.8 Å². The summed E-state index contributed by atoms with van der Waals surface area (Å²) in [6, 6.07) is 14.9. The van der Waals surface area contributed by atoms with E-state index in [4.69, 9.17) is 13.9 Å². The maximum atomic E-state index is 12.7. The van der Waals surface area contributed by atoms with E-state index in [1.807, 2.05) is 36.4 Å². The fourth-order valence-corrected chi connectivity index (χ4v) is 4.37. The standard InChI is InChI=1S/C25H26N4O5/c1-29-20-11-18(6-7-21(20)34-24(29)31)17-4-2-16(3-5-17)10-19(12-26)28-23(30)22-13-27-14-25(15-32-22)8-9-33-25/h2-7,11,19,22,27H,8-10,13-15H2,1H3,(H,28,30)/t19-,22-,25-/m0/s1. The molecule has 2 saturated heterocycles. The molecule has 2 aromatic carbocycles. The monoisotopic (exact) mass is 462 g/mol. The molecular weight excluding hydrogens is 436 g/mol. The minimum Gasteiger partial charge on any atom is -0.408 e. The minimum atomic E-state index is -0.670. The number of ether oxygens (including phenoxy) is 2. The van der Waals surface area contributed by atoms with Crippen molar-refractivity contribution in [3.63, 3.8) is 0 Å². The van der Waals surface area contributed by atoms with E-state index in [0.29, 0.717) is 31.7 Å². The Morgan fingerprint density at radius 3 is 2.76 bits per heavy atom. The molecule has 176 valence electrons. The third-order valence-electron chi connectivity index (χ3n) is 6.57.